The Balaban J connectivity index is 1.91. The third-order valence-electron chi connectivity index (χ3n) is 3.07. The number of rotatable bonds is 6. The summed E-state index contributed by atoms with van der Waals surface area (Å²) in [6, 6.07) is 8.85. The van der Waals surface area contributed by atoms with Crippen molar-refractivity contribution in [2.24, 2.45) is 7.05 Å². The zero-order valence-corrected chi connectivity index (χ0v) is 12.5. The maximum Gasteiger partial charge on any atom is 0.178 e. The number of anilines is 1. The van der Waals surface area contributed by atoms with Crippen LogP contribution in [0.15, 0.2) is 41.4 Å². The number of nitrogens with zero attached hydrogens (tertiary/aromatic N) is 2. The van der Waals surface area contributed by atoms with Gasteiger partial charge in [-0.15, -0.1) is 0 Å². The third-order valence-corrected chi connectivity index (χ3v) is 4.82. The van der Waals surface area contributed by atoms with Crippen molar-refractivity contribution in [3.8, 4) is 0 Å². The lowest BCUT2D eigenvalue weighted by Gasteiger charge is -2.06. The molecule has 2 aromatic rings. The van der Waals surface area contributed by atoms with E-state index in [1.165, 1.54) is 0 Å². The van der Waals surface area contributed by atoms with E-state index in [1.54, 1.807) is 35.9 Å². The quantitative estimate of drug-likeness (QED) is 0.883. The van der Waals surface area contributed by atoms with Crippen LogP contribution in [-0.2, 0) is 23.3 Å². The average Bonchev–Trinajstić information content (AvgIpc) is 2.85. The van der Waals surface area contributed by atoms with Crippen LogP contribution in [0.25, 0.3) is 0 Å². The lowest BCUT2D eigenvalue weighted by molar-refractivity contribution is 0.597. The topological polar surface area (TPSA) is 64.0 Å². The fourth-order valence-corrected chi connectivity index (χ4v) is 2.76. The van der Waals surface area contributed by atoms with Gasteiger partial charge in [0.05, 0.1) is 16.3 Å². The summed E-state index contributed by atoms with van der Waals surface area (Å²) in [6.45, 7) is 2.41. The van der Waals surface area contributed by atoms with Crippen LogP contribution in [-0.4, -0.2) is 30.5 Å². The van der Waals surface area contributed by atoms with Gasteiger partial charge < -0.3 is 5.32 Å². The minimum atomic E-state index is -3.12. The second-order valence-corrected chi connectivity index (χ2v) is 6.86. The van der Waals surface area contributed by atoms with Crippen molar-refractivity contribution in [2.45, 2.75) is 18.2 Å². The lowest BCUT2D eigenvalue weighted by Crippen LogP contribution is -2.07. The van der Waals surface area contributed by atoms with Gasteiger partial charge in [-0.05, 0) is 30.3 Å². The minimum Gasteiger partial charge on any atom is -0.385 e. The Labute approximate surface area is 119 Å². The fraction of sp³-hybridized carbons (Fsp3) is 0.357. The van der Waals surface area contributed by atoms with Crippen molar-refractivity contribution in [2.75, 3.05) is 17.6 Å². The molecule has 1 aromatic carbocycles. The Bertz CT molecular complexity index is 660. The highest BCUT2D eigenvalue weighted by Crippen LogP contribution is 2.15. The molecule has 0 radical (unpaired) electrons. The number of hydrogen-bond acceptors (Lipinski definition) is 4. The van der Waals surface area contributed by atoms with Gasteiger partial charge in [0.1, 0.15) is 0 Å². The Morgan fingerprint density at radius 1 is 1.20 bits per heavy atom. The number of aryl methyl sites for hydroxylation is 1. The molecule has 0 bridgehead atoms. The molecule has 0 amide bonds. The lowest BCUT2D eigenvalue weighted by atomic mass is 10.3. The molecule has 0 spiro atoms. The first kappa shape index (κ1) is 14.6. The number of aromatic nitrogens is 2. The summed E-state index contributed by atoms with van der Waals surface area (Å²) in [4.78, 5) is 0.371. The molecule has 6 heteroatoms. The summed E-state index contributed by atoms with van der Waals surface area (Å²) in [5, 5.41) is 7.55. The molecule has 0 aliphatic rings. The van der Waals surface area contributed by atoms with E-state index in [1.807, 2.05) is 19.3 Å². The zero-order chi connectivity index (χ0) is 14.6. The van der Waals surface area contributed by atoms with Gasteiger partial charge >= 0.3 is 0 Å². The standard InChI is InChI=1S/C14H19N3O2S/c1-3-20(18,19)14-6-4-12(5-7-14)15-10-8-13-9-11-17(2)16-13/h4-7,9,11,15H,3,8,10H2,1-2H3. The molecule has 2 rings (SSSR count). The van der Waals surface area contributed by atoms with Crippen LogP contribution < -0.4 is 5.32 Å². The molecule has 0 fully saturated rings. The molecule has 5 nitrogen and oxygen atoms in total. The van der Waals surface area contributed by atoms with Crippen LogP contribution >= 0.6 is 0 Å². The van der Waals surface area contributed by atoms with Gasteiger partial charge in [0.15, 0.2) is 9.84 Å². The number of hydrogen-bond donors (Lipinski definition) is 1. The summed E-state index contributed by atoms with van der Waals surface area (Å²) >= 11 is 0. The average molecular weight is 293 g/mol. The second kappa shape index (κ2) is 6.09. The van der Waals surface area contributed by atoms with Gasteiger partial charge in [-0.2, -0.15) is 5.10 Å². The Morgan fingerprint density at radius 2 is 1.90 bits per heavy atom. The Hall–Kier alpha value is -1.82. The zero-order valence-electron chi connectivity index (χ0n) is 11.7. The van der Waals surface area contributed by atoms with Gasteiger partial charge in [0, 0.05) is 31.9 Å². The van der Waals surface area contributed by atoms with Gasteiger partial charge in [-0.25, -0.2) is 8.42 Å². The Morgan fingerprint density at radius 3 is 2.45 bits per heavy atom. The number of benzene rings is 1. The van der Waals surface area contributed by atoms with E-state index >= 15 is 0 Å². The molecule has 0 saturated heterocycles. The van der Waals surface area contributed by atoms with Crippen LogP contribution in [0.2, 0.25) is 0 Å². The molecule has 1 heterocycles. The van der Waals surface area contributed by atoms with Crippen molar-refractivity contribution < 1.29 is 8.42 Å². The SMILES string of the molecule is CCS(=O)(=O)c1ccc(NCCc2ccn(C)n2)cc1. The van der Waals surface area contributed by atoms with E-state index in [0.29, 0.717) is 4.90 Å². The highest BCUT2D eigenvalue weighted by atomic mass is 32.2. The van der Waals surface area contributed by atoms with Crippen LogP contribution in [0.3, 0.4) is 0 Å². The molecule has 0 unspecified atom stereocenters. The van der Waals surface area contributed by atoms with Crippen molar-refractivity contribution >= 4 is 15.5 Å². The predicted octanol–water partition coefficient (Wildman–Crippen LogP) is 1.87. The maximum atomic E-state index is 11.7. The number of sulfone groups is 1. The largest absolute Gasteiger partial charge is 0.385 e. The van der Waals surface area contributed by atoms with Gasteiger partial charge in [-0.1, -0.05) is 6.92 Å². The summed E-state index contributed by atoms with van der Waals surface area (Å²) in [6.07, 6.45) is 2.75. The molecular weight excluding hydrogens is 274 g/mol. The molecule has 20 heavy (non-hydrogen) atoms. The van der Waals surface area contributed by atoms with E-state index in [4.69, 9.17) is 0 Å². The fourth-order valence-electron chi connectivity index (χ4n) is 1.88. The summed E-state index contributed by atoms with van der Waals surface area (Å²) in [5.41, 5.74) is 1.95. The highest BCUT2D eigenvalue weighted by Gasteiger charge is 2.10. The van der Waals surface area contributed by atoms with Crippen molar-refractivity contribution in [1.82, 2.24) is 9.78 Å². The van der Waals surface area contributed by atoms with Crippen LogP contribution in [0, 0.1) is 0 Å². The minimum absolute atomic E-state index is 0.124. The van der Waals surface area contributed by atoms with E-state index in [2.05, 4.69) is 10.4 Å². The maximum absolute atomic E-state index is 11.7. The molecule has 108 valence electrons. The normalized spacial score (nSPS) is 11.5. The molecule has 1 aromatic heterocycles. The van der Waals surface area contributed by atoms with Crippen molar-refractivity contribution in [3.05, 3.63) is 42.2 Å². The molecular formula is C14H19N3O2S. The molecule has 0 atom stereocenters. The number of nitrogens with one attached hydrogen (secondary N) is 1. The summed E-state index contributed by atoms with van der Waals surface area (Å²) in [7, 11) is -1.22. The smallest absolute Gasteiger partial charge is 0.178 e. The van der Waals surface area contributed by atoms with E-state index < -0.39 is 9.84 Å². The molecule has 0 aliphatic carbocycles. The third kappa shape index (κ3) is 3.60. The van der Waals surface area contributed by atoms with Crippen LogP contribution in [0.4, 0.5) is 5.69 Å². The Kier molecular flexibility index (Phi) is 4.44. The molecule has 0 saturated carbocycles. The first-order valence-electron chi connectivity index (χ1n) is 6.56. The predicted molar refractivity (Wildman–Crippen MR) is 79.6 cm³/mol. The summed E-state index contributed by atoms with van der Waals surface area (Å²) in [5.74, 6) is 0.124. The van der Waals surface area contributed by atoms with Gasteiger partial charge in [0.25, 0.3) is 0 Å². The van der Waals surface area contributed by atoms with Crippen LogP contribution in [0.5, 0.6) is 0 Å². The van der Waals surface area contributed by atoms with E-state index in [0.717, 1.165) is 24.3 Å². The van der Waals surface area contributed by atoms with Gasteiger partial charge in [-0.3, -0.25) is 4.68 Å². The van der Waals surface area contributed by atoms with Gasteiger partial charge in [0.2, 0.25) is 0 Å². The van der Waals surface area contributed by atoms with Crippen molar-refractivity contribution in [1.29, 1.82) is 0 Å². The highest BCUT2D eigenvalue weighted by molar-refractivity contribution is 7.91. The monoisotopic (exact) mass is 293 g/mol. The first-order valence-corrected chi connectivity index (χ1v) is 8.22. The van der Waals surface area contributed by atoms with Crippen molar-refractivity contribution in [3.63, 3.8) is 0 Å². The van der Waals surface area contributed by atoms with E-state index in [9.17, 15) is 8.42 Å². The first-order chi connectivity index (χ1) is 9.51. The molecule has 0 aliphatic heterocycles. The summed E-state index contributed by atoms with van der Waals surface area (Å²) < 4.78 is 25.1. The second-order valence-electron chi connectivity index (χ2n) is 4.59. The van der Waals surface area contributed by atoms with Crippen LogP contribution in [0.1, 0.15) is 12.6 Å². The molecule has 1 N–H and O–H groups in total. The van der Waals surface area contributed by atoms with E-state index in [-0.39, 0.29) is 5.75 Å².